The minimum absolute atomic E-state index is 0.196. The molecule has 3 heterocycles. The van der Waals surface area contributed by atoms with E-state index in [0.717, 1.165) is 0 Å². The smallest absolute Gasteiger partial charge is 0.278 e. The number of nitrogens with zero attached hydrogens (tertiary/aromatic N) is 3. The van der Waals surface area contributed by atoms with E-state index < -0.39 is 12.2 Å². The summed E-state index contributed by atoms with van der Waals surface area (Å²) >= 11 is 0. The molecule has 1 saturated heterocycles. The van der Waals surface area contributed by atoms with E-state index in [-0.39, 0.29) is 23.1 Å². The number of aromatic amines is 1. The third-order valence-electron chi connectivity index (χ3n) is 3.88. The molecule has 3 unspecified atom stereocenters. The summed E-state index contributed by atoms with van der Waals surface area (Å²) in [5.74, 6) is -0.196. The summed E-state index contributed by atoms with van der Waals surface area (Å²) in [4.78, 5) is 34.0. The second-order valence-electron chi connectivity index (χ2n) is 5.42. The lowest BCUT2D eigenvalue weighted by Gasteiger charge is -2.18. The molecule has 0 spiro atoms. The van der Waals surface area contributed by atoms with E-state index in [1.807, 2.05) is 6.92 Å². The normalized spacial score (nSPS) is 23.0. The number of carbonyl (C=O) groups excluding carboxylic acids is 1. The van der Waals surface area contributed by atoms with E-state index >= 15 is 0 Å². The molecule has 2 aromatic rings. The van der Waals surface area contributed by atoms with E-state index in [1.54, 1.807) is 4.57 Å². The second-order valence-corrected chi connectivity index (χ2v) is 5.42. The van der Waals surface area contributed by atoms with Crippen molar-refractivity contribution in [2.75, 3.05) is 0 Å². The predicted molar refractivity (Wildman–Crippen MR) is 77.2 cm³/mol. The molecule has 8 heteroatoms. The van der Waals surface area contributed by atoms with Crippen LogP contribution in [0.5, 0.6) is 0 Å². The molecule has 0 bridgehead atoms. The van der Waals surface area contributed by atoms with Crippen molar-refractivity contribution >= 4 is 16.9 Å². The summed E-state index contributed by atoms with van der Waals surface area (Å²) in [6.07, 6.45) is 3.05. The lowest BCUT2D eigenvalue weighted by Crippen LogP contribution is -2.33. The molecule has 2 N–H and O–H groups in total. The van der Waals surface area contributed by atoms with Crippen molar-refractivity contribution in [1.29, 1.82) is 0 Å². The molecule has 2 aromatic heterocycles. The van der Waals surface area contributed by atoms with Gasteiger partial charge >= 0.3 is 0 Å². The highest BCUT2D eigenvalue weighted by Gasteiger charge is 2.35. The number of imidazole rings is 1. The van der Waals surface area contributed by atoms with E-state index in [2.05, 4.69) is 15.0 Å². The van der Waals surface area contributed by atoms with Crippen molar-refractivity contribution in [1.82, 2.24) is 19.5 Å². The number of hydrogen-bond acceptors (Lipinski definition) is 6. The molecule has 0 amide bonds. The summed E-state index contributed by atoms with van der Waals surface area (Å²) < 4.78 is 7.45. The average molecular weight is 306 g/mol. The Labute approximate surface area is 126 Å². The zero-order valence-electron chi connectivity index (χ0n) is 12.2. The van der Waals surface area contributed by atoms with Crippen LogP contribution < -0.4 is 5.56 Å². The maximum absolute atomic E-state index is 11.8. The van der Waals surface area contributed by atoms with Crippen molar-refractivity contribution < 1.29 is 14.6 Å². The van der Waals surface area contributed by atoms with Gasteiger partial charge in [-0.15, -0.1) is 0 Å². The van der Waals surface area contributed by atoms with Crippen LogP contribution in [0.1, 0.15) is 38.8 Å². The third-order valence-corrected chi connectivity index (χ3v) is 3.88. The largest absolute Gasteiger partial charge is 0.383 e. The minimum Gasteiger partial charge on any atom is -0.383 e. The predicted octanol–water partition coefficient (Wildman–Crippen LogP) is 0.527. The topological polar surface area (TPSA) is 110 Å². The van der Waals surface area contributed by atoms with Crippen LogP contribution in [0.15, 0.2) is 17.4 Å². The van der Waals surface area contributed by atoms with Gasteiger partial charge in [-0.1, -0.05) is 6.92 Å². The number of fused-ring (bicyclic) bond motifs is 1. The maximum atomic E-state index is 11.8. The van der Waals surface area contributed by atoms with Gasteiger partial charge in [0.25, 0.3) is 5.56 Å². The van der Waals surface area contributed by atoms with Gasteiger partial charge in [0.05, 0.1) is 18.8 Å². The molecule has 3 rings (SSSR count). The molecule has 0 radical (unpaired) electrons. The number of ether oxygens (including phenoxy) is 1. The summed E-state index contributed by atoms with van der Waals surface area (Å²) in [5, 5.41) is 10.1. The highest BCUT2D eigenvalue weighted by molar-refractivity contribution is 5.83. The standard InChI is InChI=1S/C14H18N4O4/c1-2-3-8(19)12(20)9-4-5-10(22-9)18-7-17-11-13(18)15-6-16-14(11)21/h6-7,9-10,12,20H,2-5H2,1H3,(H,15,16,21). The van der Waals surface area contributed by atoms with Gasteiger partial charge in [-0.3, -0.25) is 14.2 Å². The van der Waals surface area contributed by atoms with Crippen LogP contribution in [-0.2, 0) is 9.53 Å². The van der Waals surface area contributed by atoms with Gasteiger partial charge < -0.3 is 14.8 Å². The van der Waals surface area contributed by atoms with Crippen LogP contribution in [0.4, 0.5) is 0 Å². The van der Waals surface area contributed by atoms with Gasteiger partial charge in [-0.2, -0.15) is 0 Å². The van der Waals surface area contributed by atoms with Gasteiger partial charge in [0.1, 0.15) is 12.3 Å². The number of Topliss-reactive ketones (excluding diaryl/α,β-unsaturated/α-hetero) is 1. The molecule has 0 aliphatic carbocycles. The van der Waals surface area contributed by atoms with Crippen molar-refractivity contribution in [2.24, 2.45) is 0 Å². The first-order valence-corrected chi connectivity index (χ1v) is 7.38. The Morgan fingerprint density at radius 3 is 3.14 bits per heavy atom. The monoisotopic (exact) mass is 306 g/mol. The van der Waals surface area contributed by atoms with Gasteiger partial charge in [0.15, 0.2) is 16.9 Å². The Balaban J connectivity index is 1.78. The molecule has 1 fully saturated rings. The number of nitrogens with one attached hydrogen (secondary N) is 1. The van der Waals surface area contributed by atoms with E-state index in [9.17, 15) is 14.7 Å². The Hall–Kier alpha value is -2.06. The van der Waals surface area contributed by atoms with Gasteiger partial charge in [-0.25, -0.2) is 9.97 Å². The fraction of sp³-hybridized carbons (Fsp3) is 0.571. The van der Waals surface area contributed by atoms with Gasteiger partial charge in [0, 0.05) is 6.42 Å². The molecule has 3 atom stereocenters. The van der Waals surface area contributed by atoms with Crippen molar-refractivity contribution in [2.45, 2.75) is 51.0 Å². The number of rotatable bonds is 5. The first-order chi connectivity index (χ1) is 10.6. The van der Waals surface area contributed by atoms with Crippen LogP contribution in [0.3, 0.4) is 0 Å². The summed E-state index contributed by atoms with van der Waals surface area (Å²) in [6, 6.07) is 0. The lowest BCUT2D eigenvalue weighted by molar-refractivity contribution is -0.136. The Morgan fingerprint density at radius 1 is 1.55 bits per heavy atom. The summed E-state index contributed by atoms with van der Waals surface area (Å²) in [5.41, 5.74) is 0.373. The molecule has 22 heavy (non-hydrogen) atoms. The van der Waals surface area contributed by atoms with Crippen molar-refractivity contribution in [3.63, 3.8) is 0 Å². The van der Waals surface area contributed by atoms with Gasteiger partial charge in [-0.05, 0) is 19.3 Å². The quantitative estimate of drug-likeness (QED) is 0.833. The molecule has 1 aliphatic rings. The number of aromatic nitrogens is 4. The number of carbonyl (C=O) groups is 1. The van der Waals surface area contributed by atoms with Crippen LogP contribution in [-0.4, -0.2) is 42.6 Å². The Kier molecular flexibility index (Phi) is 4.04. The van der Waals surface area contributed by atoms with Crippen LogP contribution in [0.2, 0.25) is 0 Å². The maximum Gasteiger partial charge on any atom is 0.278 e. The van der Waals surface area contributed by atoms with Crippen LogP contribution in [0.25, 0.3) is 11.2 Å². The number of H-pyrrole nitrogens is 1. The summed E-state index contributed by atoms with van der Waals surface area (Å²) in [6.45, 7) is 1.89. The molecular weight excluding hydrogens is 288 g/mol. The molecule has 0 aromatic carbocycles. The Morgan fingerprint density at radius 2 is 2.36 bits per heavy atom. The van der Waals surface area contributed by atoms with Gasteiger partial charge in [0.2, 0.25) is 0 Å². The minimum atomic E-state index is -1.10. The van der Waals surface area contributed by atoms with Crippen molar-refractivity contribution in [3.8, 4) is 0 Å². The fourth-order valence-electron chi connectivity index (χ4n) is 2.76. The Bertz CT molecular complexity index is 738. The van der Waals surface area contributed by atoms with E-state index in [4.69, 9.17) is 4.74 Å². The number of hydrogen-bond donors (Lipinski definition) is 2. The first kappa shape index (κ1) is 14.9. The summed E-state index contributed by atoms with van der Waals surface area (Å²) in [7, 11) is 0. The zero-order chi connectivity index (χ0) is 15.7. The third kappa shape index (κ3) is 2.55. The molecular formula is C14H18N4O4. The second kappa shape index (κ2) is 5.98. The molecule has 8 nitrogen and oxygen atoms in total. The SMILES string of the molecule is CCCC(=O)C(O)C1CCC(n2cnc3c(=O)[nH]cnc32)O1. The van der Waals surface area contributed by atoms with E-state index in [0.29, 0.717) is 31.3 Å². The molecule has 118 valence electrons. The zero-order valence-corrected chi connectivity index (χ0v) is 12.2. The number of aliphatic hydroxyl groups is 1. The fourth-order valence-corrected chi connectivity index (χ4v) is 2.76. The van der Waals surface area contributed by atoms with E-state index in [1.165, 1.54) is 12.7 Å². The first-order valence-electron chi connectivity index (χ1n) is 7.38. The van der Waals surface area contributed by atoms with Crippen molar-refractivity contribution in [3.05, 3.63) is 23.0 Å². The highest BCUT2D eigenvalue weighted by atomic mass is 16.5. The average Bonchev–Trinajstić information content (AvgIpc) is 3.13. The highest BCUT2D eigenvalue weighted by Crippen LogP contribution is 2.31. The van der Waals surface area contributed by atoms with Crippen LogP contribution >= 0.6 is 0 Å². The molecule has 1 aliphatic heterocycles. The lowest BCUT2D eigenvalue weighted by atomic mass is 10.0. The number of aliphatic hydroxyl groups excluding tert-OH is 1. The molecule has 0 saturated carbocycles. The number of ketones is 1. The van der Waals surface area contributed by atoms with Crippen LogP contribution in [0, 0.1) is 0 Å².